The van der Waals surface area contributed by atoms with Gasteiger partial charge in [-0.1, -0.05) is 36.2 Å². The summed E-state index contributed by atoms with van der Waals surface area (Å²) < 4.78 is 5.78. The predicted molar refractivity (Wildman–Crippen MR) is 78.8 cm³/mol. The Hall–Kier alpha value is -1.51. The molecular formula is C15H11Cl2NO. The van der Waals surface area contributed by atoms with Gasteiger partial charge in [0, 0.05) is 15.6 Å². The van der Waals surface area contributed by atoms with Crippen molar-refractivity contribution in [2.24, 2.45) is 0 Å². The first-order chi connectivity index (χ1) is 9.15. The van der Waals surface area contributed by atoms with E-state index in [4.69, 9.17) is 27.6 Å². The van der Waals surface area contributed by atoms with Crippen LogP contribution in [-0.4, -0.2) is 4.98 Å². The fourth-order valence-corrected chi connectivity index (χ4v) is 2.52. The summed E-state index contributed by atoms with van der Waals surface area (Å²) in [4.78, 5) is 4.46. The maximum absolute atomic E-state index is 5.99. The molecule has 2 nitrogen and oxygen atoms in total. The van der Waals surface area contributed by atoms with E-state index in [2.05, 4.69) is 18.0 Å². The lowest BCUT2D eigenvalue weighted by molar-refractivity contribution is 0.619. The summed E-state index contributed by atoms with van der Waals surface area (Å²) in [5.74, 6) is 0.535. The molecule has 3 rings (SSSR count). The molecule has 1 heterocycles. The highest BCUT2D eigenvalue weighted by Crippen LogP contribution is 2.29. The smallest absolute Gasteiger partial charge is 0.227 e. The molecule has 2 aromatic carbocycles. The van der Waals surface area contributed by atoms with Crippen LogP contribution in [0.25, 0.3) is 22.6 Å². The van der Waals surface area contributed by atoms with Gasteiger partial charge in [-0.2, -0.15) is 0 Å². The Morgan fingerprint density at radius 3 is 2.47 bits per heavy atom. The van der Waals surface area contributed by atoms with E-state index in [9.17, 15) is 0 Å². The predicted octanol–water partition coefficient (Wildman–Crippen LogP) is 5.36. The second kappa shape index (κ2) is 4.87. The summed E-state index contributed by atoms with van der Waals surface area (Å²) in [5.41, 5.74) is 3.62. The molecule has 19 heavy (non-hydrogen) atoms. The van der Waals surface area contributed by atoms with E-state index in [1.807, 2.05) is 12.1 Å². The van der Waals surface area contributed by atoms with E-state index in [-0.39, 0.29) is 0 Å². The largest absolute Gasteiger partial charge is 0.436 e. The average Bonchev–Trinajstić information content (AvgIpc) is 2.80. The number of halogens is 2. The number of hydrogen-bond donors (Lipinski definition) is 0. The van der Waals surface area contributed by atoms with Gasteiger partial charge < -0.3 is 4.42 Å². The summed E-state index contributed by atoms with van der Waals surface area (Å²) in [5, 5.41) is 1.14. The Balaban J connectivity index is 2.14. The lowest BCUT2D eigenvalue weighted by atomic mass is 10.1. The zero-order valence-corrected chi connectivity index (χ0v) is 11.8. The van der Waals surface area contributed by atoms with E-state index >= 15 is 0 Å². The minimum Gasteiger partial charge on any atom is -0.436 e. The van der Waals surface area contributed by atoms with E-state index < -0.39 is 0 Å². The molecule has 4 heteroatoms. The second-order valence-electron chi connectivity index (χ2n) is 4.33. The van der Waals surface area contributed by atoms with Crippen LogP contribution in [-0.2, 0) is 6.42 Å². The first kappa shape index (κ1) is 12.5. The van der Waals surface area contributed by atoms with Crippen molar-refractivity contribution < 1.29 is 4.42 Å². The van der Waals surface area contributed by atoms with Gasteiger partial charge in [-0.3, -0.25) is 0 Å². The highest BCUT2D eigenvalue weighted by Gasteiger charge is 2.10. The van der Waals surface area contributed by atoms with Gasteiger partial charge in [0.2, 0.25) is 5.89 Å². The lowest BCUT2D eigenvalue weighted by Gasteiger charge is -1.97. The van der Waals surface area contributed by atoms with Crippen molar-refractivity contribution in [2.75, 3.05) is 0 Å². The monoisotopic (exact) mass is 291 g/mol. The number of aryl methyl sites for hydroxylation is 1. The molecule has 0 saturated heterocycles. The van der Waals surface area contributed by atoms with Crippen LogP contribution in [0.4, 0.5) is 0 Å². The van der Waals surface area contributed by atoms with E-state index in [1.165, 1.54) is 5.56 Å². The molecule has 0 aliphatic rings. The third kappa shape index (κ3) is 2.46. The topological polar surface area (TPSA) is 26.0 Å². The maximum Gasteiger partial charge on any atom is 0.227 e. The summed E-state index contributed by atoms with van der Waals surface area (Å²) in [6.07, 6.45) is 0.967. The molecule has 0 atom stereocenters. The van der Waals surface area contributed by atoms with Crippen LogP contribution in [0.15, 0.2) is 40.8 Å². The number of fused-ring (bicyclic) bond motifs is 1. The van der Waals surface area contributed by atoms with Crippen molar-refractivity contribution in [2.45, 2.75) is 13.3 Å². The standard InChI is InChI=1S/C15H11Cl2NO/c1-2-9-3-4-13-14(5-9)19-15(18-13)10-6-11(16)8-12(17)7-10/h3-8H,2H2,1H3. The van der Waals surface area contributed by atoms with Crippen LogP contribution >= 0.6 is 23.2 Å². The molecule has 0 unspecified atom stereocenters. The Kier molecular flexibility index (Phi) is 3.21. The Bertz CT molecular complexity index is 729. The molecule has 0 amide bonds. The zero-order valence-electron chi connectivity index (χ0n) is 10.3. The van der Waals surface area contributed by atoms with Gasteiger partial charge >= 0.3 is 0 Å². The SMILES string of the molecule is CCc1ccc2nc(-c3cc(Cl)cc(Cl)c3)oc2c1. The molecule has 1 aromatic heterocycles. The van der Waals surface area contributed by atoms with Crippen molar-refractivity contribution >= 4 is 34.3 Å². The summed E-state index contributed by atoms with van der Waals surface area (Å²) in [6, 6.07) is 11.3. The van der Waals surface area contributed by atoms with Crippen LogP contribution in [0.1, 0.15) is 12.5 Å². The highest BCUT2D eigenvalue weighted by molar-refractivity contribution is 6.35. The summed E-state index contributed by atoms with van der Waals surface area (Å²) >= 11 is 12.0. The molecule has 0 N–H and O–H groups in total. The number of aromatic nitrogens is 1. The molecule has 3 aromatic rings. The number of oxazole rings is 1. The minimum atomic E-state index is 0.535. The van der Waals surface area contributed by atoms with Crippen molar-refractivity contribution in [3.8, 4) is 11.5 Å². The molecule has 0 spiro atoms. The Morgan fingerprint density at radius 2 is 1.79 bits per heavy atom. The molecule has 0 fully saturated rings. The number of hydrogen-bond acceptors (Lipinski definition) is 2. The van der Waals surface area contributed by atoms with Crippen LogP contribution in [0.5, 0.6) is 0 Å². The van der Waals surface area contributed by atoms with Crippen molar-refractivity contribution in [1.29, 1.82) is 0 Å². The molecule has 0 radical (unpaired) electrons. The lowest BCUT2D eigenvalue weighted by Crippen LogP contribution is -1.78. The van der Waals surface area contributed by atoms with Crippen molar-refractivity contribution in [1.82, 2.24) is 4.98 Å². The minimum absolute atomic E-state index is 0.535. The van der Waals surface area contributed by atoms with Gasteiger partial charge in [-0.05, 0) is 42.3 Å². The van der Waals surface area contributed by atoms with E-state index in [0.717, 1.165) is 23.1 Å². The first-order valence-electron chi connectivity index (χ1n) is 6.01. The fourth-order valence-electron chi connectivity index (χ4n) is 1.99. The quantitative estimate of drug-likeness (QED) is 0.635. The molecule has 0 bridgehead atoms. The number of rotatable bonds is 2. The Labute approximate surface area is 121 Å². The van der Waals surface area contributed by atoms with Crippen LogP contribution in [0.2, 0.25) is 10.0 Å². The summed E-state index contributed by atoms with van der Waals surface area (Å²) in [6.45, 7) is 2.11. The Morgan fingerprint density at radius 1 is 1.05 bits per heavy atom. The van der Waals surface area contributed by atoms with Crippen molar-refractivity contribution in [3.05, 3.63) is 52.0 Å². The third-order valence-electron chi connectivity index (χ3n) is 2.97. The van der Waals surface area contributed by atoms with Gasteiger partial charge in [-0.15, -0.1) is 0 Å². The van der Waals surface area contributed by atoms with Crippen molar-refractivity contribution in [3.63, 3.8) is 0 Å². The third-order valence-corrected chi connectivity index (χ3v) is 3.41. The molecule has 0 aliphatic carbocycles. The van der Waals surface area contributed by atoms with Gasteiger partial charge in [0.15, 0.2) is 5.58 Å². The average molecular weight is 292 g/mol. The molecule has 0 saturated carbocycles. The maximum atomic E-state index is 5.99. The van der Waals surface area contributed by atoms with E-state index in [1.54, 1.807) is 18.2 Å². The van der Waals surface area contributed by atoms with Gasteiger partial charge in [0.05, 0.1) is 0 Å². The normalized spacial score (nSPS) is 11.1. The van der Waals surface area contributed by atoms with Crippen LogP contribution in [0, 0.1) is 0 Å². The van der Waals surface area contributed by atoms with Crippen LogP contribution < -0.4 is 0 Å². The highest BCUT2D eigenvalue weighted by atomic mass is 35.5. The fraction of sp³-hybridized carbons (Fsp3) is 0.133. The van der Waals surface area contributed by atoms with Gasteiger partial charge in [0.25, 0.3) is 0 Å². The molecule has 0 aliphatic heterocycles. The summed E-state index contributed by atoms with van der Waals surface area (Å²) in [7, 11) is 0. The molecular weight excluding hydrogens is 281 g/mol. The van der Waals surface area contributed by atoms with Crippen LogP contribution in [0.3, 0.4) is 0 Å². The second-order valence-corrected chi connectivity index (χ2v) is 5.21. The van der Waals surface area contributed by atoms with Gasteiger partial charge in [0.1, 0.15) is 5.52 Å². The molecule has 96 valence electrons. The van der Waals surface area contributed by atoms with Gasteiger partial charge in [-0.25, -0.2) is 4.98 Å². The first-order valence-corrected chi connectivity index (χ1v) is 6.77. The zero-order chi connectivity index (χ0) is 13.4. The number of benzene rings is 2. The number of nitrogens with zero attached hydrogens (tertiary/aromatic N) is 1. The van der Waals surface area contributed by atoms with E-state index in [0.29, 0.717) is 15.9 Å².